The summed E-state index contributed by atoms with van der Waals surface area (Å²) in [4.78, 5) is 4.46. The van der Waals surface area contributed by atoms with Gasteiger partial charge < -0.3 is 21.1 Å². The van der Waals surface area contributed by atoms with E-state index in [-0.39, 0.29) is 24.3 Å². The molecule has 2 aliphatic heterocycles. The first-order valence-corrected chi connectivity index (χ1v) is 11.2. The lowest BCUT2D eigenvalue weighted by Crippen LogP contribution is -2.56. The second-order valence-electron chi connectivity index (χ2n) is 9.02. The number of hydrogen-bond acceptors (Lipinski definition) is 7. The van der Waals surface area contributed by atoms with Gasteiger partial charge in [-0.2, -0.15) is 0 Å². The van der Waals surface area contributed by atoms with Gasteiger partial charge in [-0.15, -0.1) is 10.2 Å². The Kier molecular flexibility index (Phi) is 6.48. The number of nitrogens with two attached hydrogens (primary N) is 1. The molecule has 3 atom stereocenters. The molecule has 3 unspecified atom stereocenters. The molecule has 32 heavy (non-hydrogen) atoms. The maximum Gasteiger partial charge on any atom is 0.253 e. The average Bonchev–Trinajstić information content (AvgIpc) is 3.00. The summed E-state index contributed by atoms with van der Waals surface area (Å²) in [5.41, 5.74) is 8.10. The fraction of sp³-hybridized carbons (Fsp3) is 0.565. The molecule has 3 heterocycles. The summed E-state index contributed by atoms with van der Waals surface area (Å²) < 4.78 is 29.1. The topological polar surface area (TPSA) is 90.5 Å². The molecule has 0 spiro atoms. The minimum atomic E-state index is -2.69. The quantitative estimate of drug-likeness (QED) is 0.574. The molecule has 0 radical (unpaired) electrons. The summed E-state index contributed by atoms with van der Waals surface area (Å²) in [6.07, 6.45) is 1.83. The van der Waals surface area contributed by atoms with Gasteiger partial charge in [0.2, 0.25) is 0 Å². The molecule has 0 aliphatic carbocycles. The second kappa shape index (κ2) is 9.15. The first-order chi connectivity index (χ1) is 15.3. The van der Waals surface area contributed by atoms with E-state index in [4.69, 9.17) is 5.73 Å². The van der Waals surface area contributed by atoms with Gasteiger partial charge in [0.1, 0.15) is 5.75 Å². The zero-order chi connectivity index (χ0) is 22.9. The summed E-state index contributed by atoms with van der Waals surface area (Å²) in [6.45, 7) is 3.78. The molecule has 9 heteroatoms. The Morgan fingerprint density at radius 1 is 1.22 bits per heavy atom. The molecular formula is C23H32F2N6O. The number of phenols is 1. The van der Waals surface area contributed by atoms with Crippen molar-refractivity contribution >= 4 is 11.5 Å². The minimum Gasteiger partial charge on any atom is -0.507 e. The van der Waals surface area contributed by atoms with Crippen LogP contribution in [0.15, 0.2) is 30.3 Å². The van der Waals surface area contributed by atoms with Crippen molar-refractivity contribution in [3.8, 4) is 17.0 Å². The highest BCUT2D eigenvalue weighted by atomic mass is 19.3. The first kappa shape index (κ1) is 22.7. The number of nitrogens with one attached hydrogen (secondary N) is 1. The van der Waals surface area contributed by atoms with Gasteiger partial charge in [0.25, 0.3) is 5.92 Å². The highest BCUT2D eigenvalue weighted by Crippen LogP contribution is 2.38. The van der Waals surface area contributed by atoms with Crippen LogP contribution in [0.3, 0.4) is 0 Å². The van der Waals surface area contributed by atoms with E-state index >= 15 is 0 Å². The SMILES string of the molecule is CNCCC(F)(F)C(C)CN1C2CCC1CN(c1cc(-c3ccccc3O)nnc1N)C2. The Hall–Kier alpha value is -2.52. The number of nitrogen functional groups attached to an aromatic ring is 1. The number of halogens is 2. The van der Waals surface area contributed by atoms with E-state index < -0.39 is 11.8 Å². The molecule has 174 valence electrons. The number of benzene rings is 1. The maximum atomic E-state index is 14.5. The number of anilines is 2. The first-order valence-electron chi connectivity index (χ1n) is 11.2. The molecule has 2 aromatic rings. The summed E-state index contributed by atoms with van der Waals surface area (Å²) in [6, 6.07) is 9.26. The number of rotatable bonds is 8. The highest BCUT2D eigenvalue weighted by molar-refractivity contribution is 5.74. The van der Waals surface area contributed by atoms with Gasteiger partial charge in [-0.3, -0.25) is 4.90 Å². The highest BCUT2D eigenvalue weighted by Gasteiger charge is 2.44. The number of aromatic nitrogens is 2. The molecule has 1 aromatic heterocycles. The molecule has 2 fully saturated rings. The normalized spacial score (nSPS) is 22.3. The number of phenolic OH excluding ortho intramolecular Hbond substituents is 1. The van der Waals surface area contributed by atoms with Crippen molar-refractivity contribution in [2.24, 2.45) is 5.92 Å². The number of piperazine rings is 1. The monoisotopic (exact) mass is 446 g/mol. The van der Waals surface area contributed by atoms with Crippen molar-refractivity contribution in [1.82, 2.24) is 20.4 Å². The lowest BCUT2D eigenvalue weighted by Gasteiger charge is -2.44. The third-order valence-corrected chi connectivity index (χ3v) is 6.87. The Morgan fingerprint density at radius 2 is 1.91 bits per heavy atom. The molecule has 4 rings (SSSR count). The smallest absolute Gasteiger partial charge is 0.253 e. The van der Waals surface area contributed by atoms with Crippen LogP contribution in [0.1, 0.15) is 26.2 Å². The average molecular weight is 447 g/mol. The molecule has 0 amide bonds. The molecule has 1 aromatic carbocycles. The Bertz CT molecular complexity index is 928. The van der Waals surface area contributed by atoms with Crippen LogP contribution in [0, 0.1) is 5.92 Å². The number of fused-ring (bicyclic) bond motifs is 2. The van der Waals surface area contributed by atoms with Gasteiger partial charge in [0.15, 0.2) is 5.82 Å². The lowest BCUT2D eigenvalue weighted by atomic mass is 9.98. The van der Waals surface area contributed by atoms with Crippen molar-refractivity contribution < 1.29 is 13.9 Å². The van der Waals surface area contributed by atoms with E-state index in [0.717, 1.165) is 18.5 Å². The van der Waals surface area contributed by atoms with Crippen LogP contribution < -0.4 is 16.0 Å². The zero-order valence-corrected chi connectivity index (χ0v) is 18.6. The molecule has 2 bridgehead atoms. The molecule has 0 saturated carbocycles. The fourth-order valence-electron chi connectivity index (χ4n) is 4.94. The fourth-order valence-corrected chi connectivity index (χ4v) is 4.94. The van der Waals surface area contributed by atoms with Gasteiger partial charge >= 0.3 is 0 Å². The van der Waals surface area contributed by atoms with Crippen molar-refractivity contribution in [2.75, 3.05) is 43.9 Å². The zero-order valence-electron chi connectivity index (χ0n) is 18.6. The summed E-state index contributed by atoms with van der Waals surface area (Å²) in [5.74, 6) is -2.92. The van der Waals surface area contributed by atoms with Gasteiger partial charge in [0, 0.05) is 56.2 Å². The number of aromatic hydroxyl groups is 1. The third-order valence-electron chi connectivity index (χ3n) is 6.87. The third kappa shape index (κ3) is 4.49. The number of alkyl halides is 2. The summed E-state index contributed by atoms with van der Waals surface area (Å²) in [5, 5.41) is 21.3. The van der Waals surface area contributed by atoms with E-state index in [1.807, 2.05) is 12.1 Å². The number of para-hydroxylation sites is 1. The van der Waals surface area contributed by atoms with E-state index in [2.05, 4.69) is 25.3 Å². The van der Waals surface area contributed by atoms with Crippen molar-refractivity contribution in [1.29, 1.82) is 0 Å². The Morgan fingerprint density at radius 3 is 2.56 bits per heavy atom. The van der Waals surface area contributed by atoms with E-state index in [1.165, 1.54) is 0 Å². The Labute approximate surface area is 187 Å². The van der Waals surface area contributed by atoms with E-state index in [9.17, 15) is 13.9 Å². The number of hydrogen-bond donors (Lipinski definition) is 3. The molecule has 2 saturated heterocycles. The van der Waals surface area contributed by atoms with E-state index in [1.54, 1.807) is 32.2 Å². The van der Waals surface area contributed by atoms with Crippen LogP contribution in [0.4, 0.5) is 20.3 Å². The largest absolute Gasteiger partial charge is 0.507 e. The summed E-state index contributed by atoms with van der Waals surface area (Å²) >= 11 is 0. The molecule has 7 nitrogen and oxygen atoms in total. The molecule has 2 aliphatic rings. The van der Waals surface area contributed by atoms with Gasteiger partial charge in [0.05, 0.1) is 11.4 Å². The van der Waals surface area contributed by atoms with Crippen LogP contribution in [-0.4, -0.2) is 71.4 Å². The summed E-state index contributed by atoms with van der Waals surface area (Å²) in [7, 11) is 1.70. The van der Waals surface area contributed by atoms with E-state index in [0.29, 0.717) is 43.3 Å². The number of nitrogens with zero attached hydrogens (tertiary/aromatic N) is 4. The Balaban J connectivity index is 1.49. The van der Waals surface area contributed by atoms with Crippen LogP contribution in [-0.2, 0) is 0 Å². The van der Waals surface area contributed by atoms with Crippen LogP contribution in [0.25, 0.3) is 11.3 Å². The minimum absolute atomic E-state index is 0.135. The van der Waals surface area contributed by atoms with Gasteiger partial charge in [-0.1, -0.05) is 19.1 Å². The van der Waals surface area contributed by atoms with Crippen LogP contribution in [0.2, 0.25) is 0 Å². The van der Waals surface area contributed by atoms with Crippen molar-refractivity contribution in [3.63, 3.8) is 0 Å². The standard InChI is InChI=1S/C23H32F2N6O/c1-15(23(24,25)9-10-27-2)12-31-16-7-8-17(31)14-30(13-16)20-11-19(28-29-22(20)26)18-5-3-4-6-21(18)32/h3-6,11,15-17,27,32H,7-10,12-14H2,1-2H3,(H2,26,29). The second-order valence-corrected chi connectivity index (χ2v) is 9.02. The van der Waals surface area contributed by atoms with Crippen LogP contribution in [0.5, 0.6) is 5.75 Å². The van der Waals surface area contributed by atoms with Crippen LogP contribution >= 0.6 is 0 Å². The predicted molar refractivity (Wildman–Crippen MR) is 122 cm³/mol. The maximum absolute atomic E-state index is 14.5. The van der Waals surface area contributed by atoms with Crippen molar-refractivity contribution in [2.45, 2.75) is 44.2 Å². The van der Waals surface area contributed by atoms with Crippen molar-refractivity contribution in [3.05, 3.63) is 30.3 Å². The predicted octanol–water partition coefficient (Wildman–Crippen LogP) is 2.97. The molecule has 4 N–H and O–H groups in total. The lowest BCUT2D eigenvalue weighted by molar-refractivity contribution is -0.0723. The molecular weight excluding hydrogens is 414 g/mol. The van der Waals surface area contributed by atoms with Gasteiger partial charge in [-0.25, -0.2) is 8.78 Å². The van der Waals surface area contributed by atoms with Gasteiger partial charge in [-0.05, 0) is 38.1 Å².